The Hall–Kier alpha value is -2.18. The highest BCUT2D eigenvalue weighted by atomic mass is 16.4. The van der Waals surface area contributed by atoms with Gasteiger partial charge in [-0.3, -0.25) is 14.4 Å². The Morgan fingerprint density at radius 3 is 2.58 bits per heavy atom. The summed E-state index contributed by atoms with van der Waals surface area (Å²) in [6, 6.07) is 2.47. The number of carbonyl (C=O) groups is 2. The third kappa shape index (κ3) is 4.90. The van der Waals surface area contributed by atoms with Crippen molar-refractivity contribution in [2.75, 3.05) is 6.54 Å². The molecule has 1 aromatic heterocycles. The molecule has 1 aromatic rings. The highest BCUT2D eigenvalue weighted by Crippen LogP contribution is 2.11. The van der Waals surface area contributed by atoms with E-state index in [1.54, 1.807) is 0 Å². The van der Waals surface area contributed by atoms with Crippen molar-refractivity contribution in [2.24, 2.45) is 11.8 Å². The molecule has 104 valence electrons. The lowest BCUT2D eigenvalue weighted by Gasteiger charge is -2.15. The number of nitrogens with zero attached hydrogens (tertiary/aromatic N) is 1. The Labute approximate surface area is 110 Å². The van der Waals surface area contributed by atoms with Crippen molar-refractivity contribution in [1.29, 1.82) is 0 Å². The Kier molecular flexibility index (Phi) is 5.23. The molecule has 1 atom stereocenters. The van der Waals surface area contributed by atoms with Gasteiger partial charge in [0.1, 0.15) is 5.69 Å². The largest absolute Gasteiger partial charge is 0.481 e. The maximum Gasteiger partial charge on any atom is 0.308 e. The second-order valence-corrected chi connectivity index (χ2v) is 4.68. The van der Waals surface area contributed by atoms with Crippen LogP contribution in [-0.2, 0) is 4.79 Å². The van der Waals surface area contributed by atoms with Crippen LogP contribution in [0.3, 0.4) is 0 Å². The molecule has 1 heterocycles. The van der Waals surface area contributed by atoms with Gasteiger partial charge in [-0.1, -0.05) is 13.8 Å². The second kappa shape index (κ2) is 6.67. The third-order valence-corrected chi connectivity index (χ3v) is 2.53. The summed E-state index contributed by atoms with van der Waals surface area (Å²) in [5, 5.41) is 17.2. The van der Waals surface area contributed by atoms with Gasteiger partial charge in [-0.2, -0.15) is 5.10 Å². The van der Waals surface area contributed by atoms with Gasteiger partial charge in [0.05, 0.1) is 5.92 Å². The molecular weight excluding hydrogens is 250 g/mol. The van der Waals surface area contributed by atoms with Crippen molar-refractivity contribution < 1.29 is 14.7 Å². The van der Waals surface area contributed by atoms with E-state index in [1.165, 1.54) is 12.1 Å². The number of carbonyl (C=O) groups excluding carboxylic acids is 1. The summed E-state index contributed by atoms with van der Waals surface area (Å²) in [5.74, 6) is -1.86. The molecule has 0 aromatic carbocycles. The molecule has 0 radical (unpaired) electrons. The van der Waals surface area contributed by atoms with E-state index in [0.717, 1.165) is 0 Å². The first kappa shape index (κ1) is 14.9. The molecule has 3 N–H and O–H groups in total. The summed E-state index contributed by atoms with van der Waals surface area (Å²) >= 11 is 0. The number of carboxylic acid groups (broad SMARTS) is 1. The molecular formula is C12H17N3O4. The Bertz CT molecular complexity index is 489. The number of H-pyrrole nitrogens is 1. The van der Waals surface area contributed by atoms with Crippen LogP contribution in [0, 0.1) is 11.8 Å². The molecule has 0 aliphatic carbocycles. The predicted octanol–water partition coefficient (Wildman–Crippen LogP) is 0.247. The fourth-order valence-corrected chi connectivity index (χ4v) is 1.62. The highest BCUT2D eigenvalue weighted by molar-refractivity contribution is 5.92. The Balaban J connectivity index is 2.59. The zero-order valence-electron chi connectivity index (χ0n) is 10.8. The van der Waals surface area contributed by atoms with Gasteiger partial charge in [-0.15, -0.1) is 0 Å². The molecule has 0 aliphatic heterocycles. The van der Waals surface area contributed by atoms with Crippen LogP contribution in [0.25, 0.3) is 0 Å². The molecule has 0 fully saturated rings. The van der Waals surface area contributed by atoms with Gasteiger partial charge in [0, 0.05) is 12.6 Å². The minimum absolute atomic E-state index is 0.0349. The SMILES string of the molecule is CC(C)CC(CNC(=O)c1ccc(=O)[nH]n1)C(=O)O. The maximum atomic E-state index is 11.7. The van der Waals surface area contributed by atoms with Crippen molar-refractivity contribution in [3.8, 4) is 0 Å². The van der Waals surface area contributed by atoms with Crippen LogP contribution in [0.4, 0.5) is 0 Å². The molecule has 1 amide bonds. The van der Waals surface area contributed by atoms with Crippen molar-refractivity contribution in [1.82, 2.24) is 15.5 Å². The predicted molar refractivity (Wildman–Crippen MR) is 67.8 cm³/mol. The molecule has 7 heteroatoms. The fourth-order valence-electron chi connectivity index (χ4n) is 1.62. The van der Waals surface area contributed by atoms with Crippen LogP contribution in [0.2, 0.25) is 0 Å². The quantitative estimate of drug-likeness (QED) is 0.683. The number of aromatic amines is 1. The number of carboxylic acids is 1. The summed E-state index contributed by atoms with van der Waals surface area (Å²) in [6.07, 6.45) is 0.481. The number of aromatic nitrogens is 2. The summed E-state index contributed by atoms with van der Waals surface area (Å²) in [5.41, 5.74) is -0.354. The number of aliphatic carboxylic acids is 1. The number of rotatable bonds is 6. The molecule has 0 saturated carbocycles. The lowest BCUT2D eigenvalue weighted by Crippen LogP contribution is -2.34. The maximum absolute atomic E-state index is 11.7. The van der Waals surface area contributed by atoms with E-state index in [1.807, 2.05) is 13.8 Å². The summed E-state index contributed by atoms with van der Waals surface area (Å²) < 4.78 is 0. The zero-order chi connectivity index (χ0) is 14.4. The highest BCUT2D eigenvalue weighted by Gasteiger charge is 2.20. The van der Waals surface area contributed by atoms with Crippen LogP contribution in [0.1, 0.15) is 30.8 Å². The summed E-state index contributed by atoms with van der Waals surface area (Å²) in [6.45, 7) is 3.87. The number of hydrogen-bond acceptors (Lipinski definition) is 4. The minimum Gasteiger partial charge on any atom is -0.481 e. The van der Waals surface area contributed by atoms with Crippen LogP contribution < -0.4 is 10.9 Å². The monoisotopic (exact) mass is 267 g/mol. The van der Waals surface area contributed by atoms with E-state index in [-0.39, 0.29) is 18.2 Å². The number of hydrogen-bond donors (Lipinski definition) is 3. The molecule has 0 saturated heterocycles. The molecule has 0 aliphatic rings. The van der Waals surface area contributed by atoms with E-state index >= 15 is 0 Å². The average Bonchev–Trinajstić information content (AvgIpc) is 2.34. The van der Waals surface area contributed by atoms with Gasteiger partial charge < -0.3 is 10.4 Å². The summed E-state index contributed by atoms with van der Waals surface area (Å²) in [7, 11) is 0. The minimum atomic E-state index is -0.941. The van der Waals surface area contributed by atoms with Gasteiger partial charge >= 0.3 is 5.97 Å². The van der Waals surface area contributed by atoms with E-state index in [9.17, 15) is 14.4 Å². The van der Waals surface area contributed by atoms with Crippen molar-refractivity contribution in [2.45, 2.75) is 20.3 Å². The van der Waals surface area contributed by atoms with E-state index < -0.39 is 23.4 Å². The van der Waals surface area contributed by atoms with Crippen LogP contribution in [-0.4, -0.2) is 33.7 Å². The van der Waals surface area contributed by atoms with Gasteiger partial charge in [-0.25, -0.2) is 5.10 Å². The van der Waals surface area contributed by atoms with Crippen LogP contribution in [0.5, 0.6) is 0 Å². The van der Waals surface area contributed by atoms with E-state index in [4.69, 9.17) is 5.11 Å². The van der Waals surface area contributed by atoms with Gasteiger partial charge in [0.15, 0.2) is 0 Å². The van der Waals surface area contributed by atoms with Crippen molar-refractivity contribution in [3.05, 3.63) is 28.2 Å². The van der Waals surface area contributed by atoms with Gasteiger partial charge in [0.25, 0.3) is 11.5 Å². The fraction of sp³-hybridized carbons (Fsp3) is 0.500. The molecule has 0 spiro atoms. The molecule has 1 rings (SSSR count). The number of amides is 1. The Morgan fingerprint density at radius 2 is 2.11 bits per heavy atom. The average molecular weight is 267 g/mol. The lowest BCUT2D eigenvalue weighted by molar-refractivity contribution is -0.142. The molecule has 19 heavy (non-hydrogen) atoms. The zero-order valence-corrected chi connectivity index (χ0v) is 10.8. The van der Waals surface area contributed by atoms with Crippen LogP contribution in [0.15, 0.2) is 16.9 Å². The molecule has 7 nitrogen and oxygen atoms in total. The van der Waals surface area contributed by atoms with Crippen LogP contribution >= 0.6 is 0 Å². The molecule has 0 bridgehead atoms. The van der Waals surface area contributed by atoms with Gasteiger partial charge in [-0.05, 0) is 18.4 Å². The lowest BCUT2D eigenvalue weighted by atomic mass is 9.97. The number of nitrogens with one attached hydrogen (secondary N) is 2. The van der Waals surface area contributed by atoms with Crippen molar-refractivity contribution in [3.63, 3.8) is 0 Å². The summed E-state index contributed by atoms with van der Waals surface area (Å²) in [4.78, 5) is 33.5. The second-order valence-electron chi connectivity index (χ2n) is 4.68. The van der Waals surface area contributed by atoms with Crippen molar-refractivity contribution >= 4 is 11.9 Å². The normalized spacial score (nSPS) is 12.2. The topological polar surface area (TPSA) is 112 Å². The first-order valence-electron chi connectivity index (χ1n) is 5.97. The Morgan fingerprint density at radius 1 is 1.42 bits per heavy atom. The van der Waals surface area contributed by atoms with E-state index in [2.05, 4.69) is 15.5 Å². The first-order valence-corrected chi connectivity index (χ1v) is 5.97. The van der Waals surface area contributed by atoms with E-state index in [0.29, 0.717) is 6.42 Å². The first-order chi connectivity index (χ1) is 8.90. The van der Waals surface area contributed by atoms with Gasteiger partial charge in [0.2, 0.25) is 0 Å². The third-order valence-electron chi connectivity index (χ3n) is 2.53. The standard InChI is InChI=1S/C12H17N3O4/c1-7(2)5-8(12(18)19)6-13-11(17)9-3-4-10(16)15-14-9/h3-4,7-8H,5-6H2,1-2H3,(H,13,17)(H,15,16)(H,18,19). The smallest absolute Gasteiger partial charge is 0.308 e. The molecule has 1 unspecified atom stereocenters.